The van der Waals surface area contributed by atoms with E-state index in [1.165, 1.54) is 12.3 Å². The van der Waals surface area contributed by atoms with Gasteiger partial charge in [-0.05, 0) is 6.07 Å². The summed E-state index contributed by atoms with van der Waals surface area (Å²) < 4.78 is 0. The smallest absolute Gasteiger partial charge is 0.287 e. The Hall–Kier alpha value is -1.70. The number of nitro groups is 1. The standard InChI is InChI=1S/C11H13BrN4O3/c12-7-11(17)15-5-3-14(4-6-15)10-2-1-9(8-13-10)16(18)19/h1-2,8H,3-7H2. The number of nitrogens with zero attached hydrogens (tertiary/aromatic N) is 4. The van der Waals surface area contributed by atoms with Crippen LogP contribution in [0.1, 0.15) is 0 Å². The molecule has 0 aliphatic carbocycles. The van der Waals surface area contributed by atoms with Gasteiger partial charge in [0.25, 0.3) is 5.69 Å². The molecule has 102 valence electrons. The SMILES string of the molecule is O=C(CBr)N1CCN(c2ccc([N+](=O)[O-])cn2)CC1. The zero-order valence-corrected chi connectivity index (χ0v) is 11.7. The van der Waals surface area contributed by atoms with Crippen LogP contribution >= 0.6 is 15.9 Å². The minimum absolute atomic E-state index is 0.0168. The van der Waals surface area contributed by atoms with Crippen molar-refractivity contribution in [3.8, 4) is 0 Å². The minimum Gasteiger partial charge on any atom is -0.353 e. The molecule has 2 rings (SSSR count). The van der Waals surface area contributed by atoms with E-state index in [0.717, 1.165) is 0 Å². The Morgan fingerprint density at radius 1 is 1.37 bits per heavy atom. The molecular formula is C11H13BrN4O3. The van der Waals surface area contributed by atoms with Crippen molar-refractivity contribution in [1.82, 2.24) is 9.88 Å². The van der Waals surface area contributed by atoms with Crippen molar-refractivity contribution in [2.75, 3.05) is 36.4 Å². The van der Waals surface area contributed by atoms with Crippen molar-refractivity contribution < 1.29 is 9.72 Å². The van der Waals surface area contributed by atoms with Crippen LogP contribution in [0.3, 0.4) is 0 Å². The molecule has 0 saturated carbocycles. The van der Waals surface area contributed by atoms with Crippen molar-refractivity contribution in [2.24, 2.45) is 0 Å². The molecule has 1 aromatic rings. The van der Waals surface area contributed by atoms with Gasteiger partial charge in [0.1, 0.15) is 12.0 Å². The van der Waals surface area contributed by atoms with E-state index >= 15 is 0 Å². The molecule has 1 aliphatic heterocycles. The first kappa shape index (κ1) is 13.7. The van der Waals surface area contributed by atoms with Gasteiger partial charge in [0.15, 0.2) is 0 Å². The monoisotopic (exact) mass is 328 g/mol. The van der Waals surface area contributed by atoms with Crippen LogP contribution in [0.4, 0.5) is 11.5 Å². The Bertz CT molecular complexity index is 471. The van der Waals surface area contributed by atoms with E-state index in [0.29, 0.717) is 37.3 Å². The average Bonchev–Trinajstić information content (AvgIpc) is 2.46. The predicted molar refractivity (Wildman–Crippen MR) is 73.5 cm³/mol. The third-order valence-corrected chi connectivity index (χ3v) is 3.49. The summed E-state index contributed by atoms with van der Waals surface area (Å²) >= 11 is 3.15. The average molecular weight is 329 g/mol. The van der Waals surface area contributed by atoms with Gasteiger partial charge in [0.05, 0.1) is 10.3 Å². The van der Waals surface area contributed by atoms with Gasteiger partial charge < -0.3 is 9.80 Å². The lowest BCUT2D eigenvalue weighted by Crippen LogP contribution is -2.49. The predicted octanol–water partition coefficient (Wildman–Crippen LogP) is 1.03. The highest BCUT2D eigenvalue weighted by atomic mass is 79.9. The van der Waals surface area contributed by atoms with Gasteiger partial charge in [-0.3, -0.25) is 14.9 Å². The lowest BCUT2D eigenvalue weighted by molar-refractivity contribution is -0.385. The summed E-state index contributed by atoms with van der Waals surface area (Å²) in [5, 5.41) is 10.9. The quantitative estimate of drug-likeness (QED) is 0.470. The molecule has 0 radical (unpaired) electrons. The first-order chi connectivity index (χ1) is 9.11. The number of piperazine rings is 1. The number of pyridine rings is 1. The first-order valence-electron chi connectivity index (χ1n) is 5.81. The fraction of sp³-hybridized carbons (Fsp3) is 0.455. The molecule has 0 aromatic carbocycles. The van der Waals surface area contributed by atoms with Gasteiger partial charge in [-0.2, -0.15) is 0 Å². The highest BCUT2D eigenvalue weighted by Crippen LogP contribution is 2.17. The van der Waals surface area contributed by atoms with Gasteiger partial charge in [0, 0.05) is 32.2 Å². The van der Waals surface area contributed by atoms with Crippen LogP contribution in [-0.4, -0.2) is 52.2 Å². The molecule has 1 aliphatic rings. The van der Waals surface area contributed by atoms with Crippen LogP contribution in [0.25, 0.3) is 0 Å². The van der Waals surface area contributed by atoms with Gasteiger partial charge in [-0.15, -0.1) is 0 Å². The second-order valence-electron chi connectivity index (χ2n) is 4.13. The topological polar surface area (TPSA) is 79.6 Å². The summed E-state index contributed by atoms with van der Waals surface area (Å²) in [6.45, 7) is 2.65. The molecule has 1 fully saturated rings. The van der Waals surface area contributed by atoms with Crippen molar-refractivity contribution in [1.29, 1.82) is 0 Å². The normalized spacial score (nSPS) is 15.4. The number of carbonyl (C=O) groups excluding carboxylic acids is 1. The fourth-order valence-corrected chi connectivity index (χ4v) is 2.30. The zero-order valence-electron chi connectivity index (χ0n) is 10.2. The number of carbonyl (C=O) groups is 1. The number of hydrogen-bond acceptors (Lipinski definition) is 5. The maximum Gasteiger partial charge on any atom is 0.287 e. The molecule has 0 atom stereocenters. The third-order valence-electron chi connectivity index (χ3n) is 3.01. The zero-order chi connectivity index (χ0) is 13.8. The van der Waals surface area contributed by atoms with E-state index in [1.54, 1.807) is 11.0 Å². The van der Waals surface area contributed by atoms with E-state index in [2.05, 4.69) is 20.9 Å². The van der Waals surface area contributed by atoms with E-state index in [1.807, 2.05) is 4.90 Å². The number of anilines is 1. The van der Waals surface area contributed by atoms with Crippen molar-refractivity contribution in [3.05, 3.63) is 28.4 Å². The maximum atomic E-state index is 11.5. The van der Waals surface area contributed by atoms with Crippen LogP contribution in [0.2, 0.25) is 0 Å². The Labute approximate surface area is 118 Å². The molecular weight excluding hydrogens is 316 g/mol. The third kappa shape index (κ3) is 3.19. The summed E-state index contributed by atoms with van der Waals surface area (Å²) in [5.41, 5.74) is -0.0168. The van der Waals surface area contributed by atoms with E-state index in [-0.39, 0.29) is 11.6 Å². The molecule has 0 spiro atoms. The maximum absolute atomic E-state index is 11.5. The van der Waals surface area contributed by atoms with Crippen LogP contribution < -0.4 is 4.90 Å². The number of amides is 1. The second-order valence-corrected chi connectivity index (χ2v) is 4.69. The van der Waals surface area contributed by atoms with Crippen LogP contribution in [-0.2, 0) is 4.79 Å². The van der Waals surface area contributed by atoms with Crippen LogP contribution in [0.5, 0.6) is 0 Å². The molecule has 0 bridgehead atoms. The lowest BCUT2D eigenvalue weighted by Gasteiger charge is -2.35. The van der Waals surface area contributed by atoms with Crippen LogP contribution in [0, 0.1) is 10.1 Å². The van der Waals surface area contributed by atoms with Crippen molar-refractivity contribution in [3.63, 3.8) is 0 Å². The van der Waals surface area contributed by atoms with Gasteiger partial charge in [-0.1, -0.05) is 15.9 Å². The number of rotatable bonds is 3. The molecule has 0 N–H and O–H groups in total. The second kappa shape index (κ2) is 5.96. The number of aromatic nitrogens is 1. The summed E-state index contributed by atoms with van der Waals surface area (Å²) in [4.78, 5) is 29.5. The molecule has 1 saturated heterocycles. The van der Waals surface area contributed by atoms with E-state index < -0.39 is 4.92 Å². The molecule has 1 aromatic heterocycles. The van der Waals surface area contributed by atoms with E-state index in [9.17, 15) is 14.9 Å². The number of alkyl halides is 1. The molecule has 2 heterocycles. The Morgan fingerprint density at radius 2 is 2.05 bits per heavy atom. The highest BCUT2D eigenvalue weighted by molar-refractivity contribution is 9.09. The van der Waals surface area contributed by atoms with Gasteiger partial charge in [0.2, 0.25) is 5.91 Å². The fourth-order valence-electron chi connectivity index (χ4n) is 1.94. The summed E-state index contributed by atoms with van der Waals surface area (Å²) in [5.74, 6) is 0.785. The summed E-state index contributed by atoms with van der Waals surface area (Å²) in [6.07, 6.45) is 1.26. The first-order valence-corrected chi connectivity index (χ1v) is 6.93. The Kier molecular flexibility index (Phi) is 4.31. The summed E-state index contributed by atoms with van der Waals surface area (Å²) in [6, 6.07) is 3.08. The highest BCUT2D eigenvalue weighted by Gasteiger charge is 2.21. The Morgan fingerprint density at radius 3 is 2.53 bits per heavy atom. The molecule has 1 amide bonds. The van der Waals surface area contributed by atoms with Gasteiger partial charge in [-0.25, -0.2) is 4.98 Å². The minimum atomic E-state index is -0.469. The number of halogens is 1. The van der Waals surface area contributed by atoms with E-state index in [4.69, 9.17) is 0 Å². The van der Waals surface area contributed by atoms with Crippen molar-refractivity contribution in [2.45, 2.75) is 0 Å². The molecule has 0 unspecified atom stereocenters. The molecule has 7 nitrogen and oxygen atoms in total. The van der Waals surface area contributed by atoms with Crippen molar-refractivity contribution >= 4 is 33.3 Å². The summed E-state index contributed by atoms with van der Waals surface area (Å²) in [7, 11) is 0. The number of hydrogen-bond donors (Lipinski definition) is 0. The lowest BCUT2D eigenvalue weighted by atomic mass is 10.3. The largest absolute Gasteiger partial charge is 0.353 e. The van der Waals surface area contributed by atoms with Crippen LogP contribution in [0.15, 0.2) is 18.3 Å². The molecule has 19 heavy (non-hydrogen) atoms. The molecule has 8 heteroatoms. The van der Waals surface area contributed by atoms with Gasteiger partial charge >= 0.3 is 0 Å². The Balaban J connectivity index is 1.97.